The lowest BCUT2D eigenvalue weighted by molar-refractivity contribution is -0.145. The van der Waals surface area contributed by atoms with Gasteiger partial charge in [0.1, 0.15) is 23.9 Å². The van der Waals surface area contributed by atoms with Crippen molar-refractivity contribution < 1.29 is 19.5 Å². The molecule has 1 aromatic heterocycles. The zero-order chi connectivity index (χ0) is 24.2. The molecule has 33 heavy (non-hydrogen) atoms. The molecule has 0 saturated carbocycles. The second kappa shape index (κ2) is 10.3. The van der Waals surface area contributed by atoms with Crippen molar-refractivity contribution >= 4 is 11.8 Å². The van der Waals surface area contributed by atoms with E-state index in [1.807, 2.05) is 64.1 Å². The van der Waals surface area contributed by atoms with E-state index in [2.05, 4.69) is 10.3 Å². The smallest absolute Gasteiger partial charge is 0.266 e. The average Bonchev–Trinajstić information content (AvgIpc) is 3.12. The van der Waals surface area contributed by atoms with Crippen LogP contribution in [0.1, 0.15) is 49.2 Å². The van der Waals surface area contributed by atoms with Crippen LogP contribution in [0, 0.1) is 19.8 Å². The van der Waals surface area contributed by atoms with Gasteiger partial charge in [-0.25, -0.2) is 5.48 Å². The van der Waals surface area contributed by atoms with Gasteiger partial charge >= 0.3 is 0 Å². The largest absolute Gasteiger partial charge is 0.489 e. The second-order valence-electron chi connectivity index (χ2n) is 9.10. The van der Waals surface area contributed by atoms with Crippen LogP contribution in [0.5, 0.6) is 5.75 Å². The number of pyridine rings is 1. The van der Waals surface area contributed by atoms with E-state index in [-0.39, 0.29) is 11.8 Å². The van der Waals surface area contributed by atoms with Gasteiger partial charge in [0.15, 0.2) is 0 Å². The van der Waals surface area contributed by atoms with Gasteiger partial charge in [0.05, 0.1) is 0 Å². The normalized spacial score (nSPS) is 19.1. The van der Waals surface area contributed by atoms with Crippen molar-refractivity contribution in [2.45, 2.75) is 58.7 Å². The summed E-state index contributed by atoms with van der Waals surface area (Å²) in [6.45, 7) is 8.73. The summed E-state index contributed by atoms with van der Waals surface area (Å²) in [6, 6.07) is 10.8. The van der Waals surface area contributed by atoms with Gasteiger partial charge in [-0.05, 0) is 75.0 Å². The van der Waals surface area contributed by atoms with Gasteiger partial charge in [-0.2, -0.15) is 0 Å². The van der Waals surface area contributed by atoms with E-state index in [1.54, 1.807) is 17.4 Å². The fourth-order valence-electron chi connectivity index (χ4n) is 4.59. The predicted octanol–water partition coefficient (Wildman–Crippen LogP) is 2.84. The molecule has 2 aromatic rings. The molecule has 3 rings (SSSR count). The van der Waals surface area contributed by atoms with Crippen molar-refractivity contribution in [2.75, 3.05) is 13.6 Å². The lowest BCUT2D eigenvalue weighted by Crippen LogP contribution is -2.53. The molecule has 2 unspecified atom stereocenters. The van der Waals surface area contributed by atoms with E-state index in [1.165, 1.54) is 0 Å². The molecule has 2 atom stereocenters. The molecule has 8 heteroatoms. The first-order valence-electron chi connectivity index (χ1n) is 11.3. The minimum absolute atomic E-state index is 0.171. The number of likely N-dealkylation sites (N-methyl/N-ethyl adjacent to an activating group) is 1. The van der Waals surface area contributed by atoms with Gasteiger partial charge in [-0.1, -0.05) is 26.0 Å². The molecule has 1 aliphatic heterocycles. The number of hydrogen-bond donors (Lipinski definition) is 3. The quantitative estimate of drug-likeness (QED) is 0.398. The van der Waals surface area contributed by atoms with E-state index in [4.69, 9.17) is 4.74 Å². The fourth-order valence-corrected chi connectivity index (χ4v) is 4.59. The molecule has 1 aromatic carbocycles. The Morgan fingerprint density at radius 2 is 1.85 bits per heavy atom. The van der Waals surface area contributed by atoms with Crippen LogP contribution < -0.4 is 15.5 Å². The maximum atomic E-state index is 13.5. The summed E-state index contributed by atoms with van der Waals surface area (Å²) in [6.07, 6.45) is 0.990. The summed E-state index contributed by atoms with van der Waals surface area (Å²) >= 11 is 0. The molecule has 2 heterocycles. The first-order chi connectivity index (χ1) is 15.7. The number of carbonyl (C=O) groups is 2. The van der Waals surface area contributed by atoms with Gasteiger partial charge in [0.25, 0.3) is 5.91 Å². The Kier molecular flexibility index (Phi) is 7.71. The Hall–Kier alpha value is -2.97. The van der Waals surface area contributed by atoms with Crippen molar-refractivity contribution in [1.82, 2.24) is 20.7 Å². The topological polar surface area (TPSA) is 104 Å². The highest BCUT2D eigenvalue weighted by atomic mass is 16.5. The minimum atomic E-state index is -0.928. The Balaban J connectivity index is 1.76. The molecule has 3 N–H and O–H groups in total. The Labute approximate surface area is 195 Å². The van der Waals surface area contributed by atoms with E-state index < -0.39 is 17.5 Å². The summed E-state index contributed by atoms with van der Waals surface area (Å²) < 4.78 is 5.94. The number of hydroxylamine groups is 1. The number of benzene rings is 1. The van der Waals surface area contributed by atoms with Crippen LogP contribution in [0.4, 0.5) is 0 Å². The van der Waals surface area contributed by atoms with Crippen LogP contribution in [-0.4, -0.2) is 46.5 Å². The number of aryl methyl sites for hydroxylation is 2. The van der Waals surface area contributed by atoms with Crippen LogP contribution in [0.3, 0.4) is 0 Å². The summed E-state index contributed by atoms with van der Waals surface area (Å²) in [7, 11) is 1.75. The highest BCUT2D eigenvalue weighted by Gasteiger charge is 2.50. The van der Waals surface area contributed by atoms with Crippen LogP contribution in [-0.2, 0) is 21.7 Å². The van der Waals surface area contributed by atoms with Gasteiger partial charge in [0, 0.05) is 17.9 Å². The lowest BCUT2D eigenvalue weighted by atomic mass is 9.88. The molecule has 2 amide bonds. The van der Waals surface area contributed by atoms with Crippen molar-refractivity contribution in [3.8, 4) is 5.75 Å². The van der Waals surface area contributed by atoms with Crippen molar-refractivity contribution in [2.24, 2.45) is 5.92 Å². The molecular formula is C25H34N4O4. The third-order valence-corrected chi connectivity index (χ3v) is 6.16. The third kappa shape index (κ3) is 5.34. The van der Waals surface area contributed by atoms with Gasteiger partial charge in [-0.15, -0.1) is 0 Å². The maximum absolute atomic E-state index is 13.5. The third-order valence-electron chi connectivity index (χ3n) is 6.16. The van der Waals surface area contributed by atoms with Crippen molar-refractivity contribution in [1.29, 1.82) is 0 Å². The van der Waals surface area contributed by atoms with E-state index >= 15 is 0 Å². The molecule has 1 fully saturated rings. The highest BCUT2D eigenvalue weighted by Crippen LogP contribution is 2.36. The number of nitrogens with one attached hydrogen (secondary N) is 2. The minimum Gasteiger partial charge on any atom is -0.489 e. The van der Waals surface area contributed by atoms with Crippen LogP contribution >= 0.6 is 0 Å². The van der Waals surface area contributed by atoms with Crippen LogP contribution in [0.25, 0.3) is 0 Å². The number of nitrogens with zero attached hydrogens (tertiary/aromatic N) is 2. The number of rotatable bonds is 9. The predicted molar refractivity (Wildman–Crippen MR) is 125 cm³/mol. The number of aromatic nitrogens is 1. The number of ether oxygens (including phenoxy) is 1. The molecule has 1 saturated heterocycles. The first kappa shape index (κ1) is 24.7. The number of hydrogen-bond acceptors (Lipinski definition) is 6. The molecule has 0 radical (unpaired) electrons. The Bertz CT molecular complexity index is 972. The average molecular weight is 455 g/mol. The SMILES string of the molecule is CNC1(c2ccc(OCc3cc(C)nc(C)c3)cc2)CCN(C(CC(C)C)C(=O)NO)C1=O. The zero-order valence-electron chi connectivity index (χ0n) is 20.0. The zero-order valence-corrected chi connectivity index (χ0v) is 20.0. The van der Waals surface area contributed by atoms with Crippen LogP contribution in [0.2, 0.25) is 0 Å². The molecular weight excluding hydrogens is 420 g/mol. The standard InChI is InChI=1S/C25H34N4O4/c1-16(2)12-22(23(30)28-32)29-11-10-25(26-5,24(29)31)20-6-8-21(9-7-20)33-15-19-13-17(3)27-18(4)14-19/h6-9,13-14,16,22,26,32H,10-12,15H2,1-5H3,(H,28,30). The van der Waals surface area contributed by atoms with Gasteiger partial charge in [-0.3, -0.25) is 19.8 Å². The number of likely N-dealkylation sites (tertiary alicyclic amines) is 1. The Morgan fingerprint density at radius 3 is 2.39 bits per heavy atom. The maximum Gasteiger partial charge on any atom is 0.266 e. The molecule has 0 bridgehead atoms. The summed E-state index contributed by atoms with van der Waals surface area (Å²) in [4.78, 5) is 31.8. The molecule has 0 spiro atoms. The fraction of sp³-hybridized carbons (Fsp3) is 0.480. The number of amides is 2. The first-order valence-corrected chi connectivity index (χ1v) is 11.3. The van der Waals surface area contributed by atoms with Crippen LogP contribution in [0.15, 0.2) is 36.4 Å². The van der Waals surface area contributed by atoms with E-state index in [9.17, 15) is 14.8 Å². The summed E-state index contributed by atoms with van der Waals surface area (Å²) in [5, 5.41) is 12.4. The monoisotopic (exact) mass is 454 g/mol. The van der Waals surface area contributed by atoms with E-state index in [0.29, 0.717) is 31.7 Å². The molecule has 178 valence electrons. The second-order valence-corrected chi connectivity index (χ2v) is 9.10. The summed E-state index contributed by atoms with van der Waals surface area (Å²) in [5.74, 6) is 0.163. The molecule has 0 aliphatic carbocycles. The van der Waals surface area contributed by atoms with E-state index in [0.717, 1.165) is 22.5 Å². The van der Waals surface area contributed by atoms with Crippen molar-refractivity contribution in [3.05, 3.63) is 58.9 Å². The van der Waals surface area contributed by atoms with Gasteiger partial charge in [0.2, 0.25) is 5.91 Å². The van der Waals surface area contributed by atoms with Gasteiger partial charge < -0.3 is 15.0 Å². The van der Waals surface area contributed by atoms with Crippen molar-refractivity contribution in [3.63, 3.8) is 0 Å². The molecule has 8 nitrogen and oxygen atoms in total. The number of carbonyl (C=O) groups excluding carboxylic acids is 2. The summed E-state index contributed by atoms with van der Waals surface area (Å²) in [5.41, 5.74) is 4.57. The lowest BCUT2D eigenvalue weighted by Gasteiger charge is -2.31. The highest BCUT2D eigenvalue weighted by molar-refractivity contribution is 5.94. The molecule has 1 aliphatic rings. The Morgan fingerprint density at radius 1 is 1.21 bits per heavy atom.